The fourth-order valence-corrected chi connectivity index (χ4v) is 1.79. The number of hydrogen-bond donors (Lipinski definition) is 2. The number of nitrogens with zero attached hydrogens (tertiary/aromatic N) is 1. The van der Waals surface area contributed by atoms with Gasteiger partial charge in [-0.15, -0.1) is 0 Å². The van der Waals surface area contributed by atoms with E-state index in [0.29, 0.717) is 17.9 Å². The molecule has 22 heavy (non-hydrogen) atoms. The molecule has 2 amide bonds. The van der Waals surface area contributed by atoms with Gasteiger partial charge in [-0.25, -0.2) is 0 Å². The minimum atomic E-state index is -0.195. The van der Waals surface area contributed by atoms with Crippen LogP contribution in [0.1, 0.15) is 16.1 Å². The highest BCUT2D eigenvalue weighted by Crippen LogP contribution is 2.11. The quantitative estimate of drug-likeness (QED) is 0.852. The van der Waals surface area contributed by atoms with Crippen LogP contribution in [-0.2, 0) is 11.3 Å². The van der Waals surface area contributed by atoms with E-state index in [0.717, 1.165) is 5.69 Å². The third kappa shape index (κ3) is 4.37. The van der Waals surface area contributed by atoms with Crippen LogP contribution in [0, 0.1) is 0 Å². The predicted molar refractivity (Wildman–Crippen MR) is 83.5 cm³/mol. The zero-order valence-corrected chi connectivity index (χ0v) is 12.6. The van der Waals surface area contributed by atoms with Crippen molar-refractivity contribution in [1.29, 1.82) is 0 Å². The minimum absolute atomic E-state index is 0.0346. The molecule has 1 aromatic carbocycles. The van der Waals surface area contributed by atoms with E-state index in [2.05, 4.69) is 10.6 Å². The monoisotopic (exact) mass is 301 g/mol. The van der Waals surface area contributed by atoms with Crippen molar-refractivity contribution in [1.82, 2.24) is 10.2 Å². The van der Waals surface area contributed by atoms with Crippen LogP contribution in [0.2, 0.25) is 0 Å². The van der Waals surface area contributed by atoms with E-state index in [1.54, 1.807) is 50.7 Å². The summed E-state index contributed by atoms with van der Waals surface area (Å²) in [5, 5.41) is 5.78. The first-order valence-electron chi connectivity index (χ1n) is 6.91. The molecule has 0 fully saturated rings. The Kier molecular flexibility index (Phi) is 5.19. The fourth-order valence-electron chi connectivity index (χ4n) is 1.79. The van der Waals surface area contributed by atoms with Crippen molar-refractivity contribution in [2.75, 3.05) is 26.0 Å². The summed E-state index contributed by atoms with van der Waals surface area (Å²) in [5.74, 6) is 0.464. The van der Waals surface area contributed by atoms with Crippen LogP contribution in [0.3, 0.4) is 0 Å². The van der Waals surface area contributed by atoms with Crippen LogP contribution < -0.4 is 10.6 Å². The molecule has 6 heteroatoms. The Morgan fingerprint density at radius 2 is 2.00 bits per heavy atom. The lowest BCUT2D eigenvalue weighted by atomic mass is 10.2. The van der Waals surface area contributed by atoms with Crippen molar-refractivity contribution in [3.05, 3.63) is 54.0 Å². The van der Waals surface area contributed by atoms with Crippen LogP contribution in [0.25, 0.3) is 0 Å². The summed E-state index contributed by atoms with van der Waals surface area (Å²) < 4.78 is 5.16. The van der Waals surface area contributed by atoms with E-state index in [1.165, 1.54) is 4.90 Å². The number of carbonyl (C=O) groups is 2. The van der Waals surface area contributed by atoms with E-state index in [9.17, 15) is 9.59 Å². The summed E-state index contributed by atoms with van der Waals surface area (Å²) in [6, 6.07) is 10.6. The second-order valence-electron chi connectivity index (χ2n) is 4.98. The standard InChI is InChI=1S/C16H19N3O3/c1-19(2)15(20)11-17-13-6-3-5-12(9-13)16(21)18-10-14-7-4-8-22-14/h3-9,17H,10-11H2,1-2H3,(H,18,21). The van der Waals surface area contributed by atoms with Crippen LogP contribution in [0.4, 0.5) is 5.69 Å². The largest absolute Gasteiger partial charge is 0.467 e. The number of benzene rings is 1. The van der Waals surface area contributed by atoms with Gasteiger partial charge in [-0.3, -0.25) is 9.59 Å². The third-order valence-corrected chi connectivity index (χ3v) is 3.07. The van der Waals surface area contributed by atoms with E-state index in [1.807, 2.05) is 6.07 Å². The summed E-state index contributed by atoms with van der Waals surface area (Å²) in [7, 11) is 3.39. The molecule has 0 aliphatic heterocycles. The smallest absolute Gasteiger partial charge is 0.251 e. The molecule has 2 N–H and O–H groups in total. The molecule has 0 saturated carbocycles. The zero-order valence-electron chi connectivity index (χ0n) is 12.6. The summed E-state index contributed by atoms with van der Waals surface area (Å²) >= 11 is 0. The van der Waals surface area contributed by atoms with Gasteiger partial charge in [0.05, 0.1) is 19.4 Å². The fraction of sp³-hybridized carbons (Fsp3) is 0.250. The Balaban J connectivity index is 1.92. The third-order valence-electron chi connectivity index (χ3n) is 3.07. The maximum atomic E-state index is 12.1. The van der Waals surface area contributed by atoms with Crippen LogP contribution in [0.5, 0.6) is 0 Å². The molecule has 6 nitrogen and oxygen atoms in total. The van der Waals surface area contributed by atoms with Gasteiger partial charge in [0.25, 0.3) is 5.91 Å². The number of likely N-dealkylation sites (N-methyl/N-ethyl adjacent to an activating group) is 1. The molecule has 0 saturated heterocycles. The summed E-state index contributed by atoms with van der Waals surface area (Å²) in [6.45, 7) is 0.521. The normalized spacial score (nSPS) is 10.1. The van der Waals surface area contributed by atoms with Gasteiger partial charge in [0, 0.05) is 25.3 Å². The number of rotatable bonds is 6. The van der Waals surface area contributed by atoms with E-state index < -0.39 is 0 Å². The summed E-state index contributed by atoms with van der Waals surface area (Å²) in [5.41, 5.74) is 1.25. The first-order chi connectivity index (χ1) is 10.6. The Bertz CT molecular complexity index is 636. The summed E-state index contributed by atoms with van der Waals surface area (Å²) in [4.78, 5) is 25.1. The molecule has 0 spiro atoms. The minimum Gasteiger partial charge on any atom is -0.467 e. The van der Waals surface area contributed by atoms with Crippen molar-refractivity contribution in [3.8, 4) is 0 Å². The van der Waals surface area contributed by atoms with Crippen LogP contribution in [0.15, 0.2) is 47.1 Å². The Hall–Kier alpha value is -2.76. The number of nitrogens with one attached hydrogen (secondary N) is 2. The average Bonchev–Trinajstić information content (AvgIpc) is 3.03. The van der Waals surface area contributed by atoms with E-state index in [-0.39, 0.29) is 18.4 Å². The van der Waals surface area contributed by atoms with Gasteiger partial charge in [0.1, 0.15) is 5.76 Å². The molecule has 1 aromatic heterocycles. The predicted octanol–water partition coefficient (Wildman–Crippen LogP) is 1.71. The molecule has 0 aliphatic carbocycles. The highest BCUT2D eigenvalue weighted by molar-refractivity contribution is 5.95. The lowest BCUT2D eigenvalue weighted by molar-refractivity contribution is -0.126. The van der Waals surface area contributed by atoms with Crippen LogP contribution >= 0.6 is 0 Å². The molecule has 0 radical (unpaired) electrons. The van der Waals surface area contributed by atoms with Gasteiger partial charge < -0.3 is 20.0 Å². The van der Waals surface area contributed by atoms with Crippen molar-refractivity contribution in [2.45, 2.75) is 6.54 Å². The van der Waals surface area contributed by atoms with Crippen molar-refractivity contribution < 1.29 is 14.0 Å². The molecule has 0 aliphatic rings. The Morgan fingerprint density at radius 3 is 2.68 bits per heavy atom. The van der Waals surface area contributed by atoms with Gasteiger partial charge in [-0.2, -0.15) is 0 Å². The van der Waals surface area contributed by atoms with Gasteiger partial charge in [-0.1, -0.05) is 6.07 Å². The second-order valence-corrected chi connectivity index (χ2v) is 4.98. The topological polar surface area (TPSA) is 74.6 Å². The number of carbonyl (C=O) groups excluding carboxylic acids is 2. The van der Waals surface area contributed by atoms with Gasteiger partial charge >= 0.3 is 0 Å². The number of amides is 2. The van der Waals surface area contributed by atoms with Crippen molar-refractivity contribution >= 4 is 17.5 Å². The zero-order chi connectivity index (χ0) is 15.9. The van der Waals surface area contributed by atoms with Crippen LogP contribution in [-0.4, -0.2) is 37.4 Å². The lowest BCUT2D eigenvalue weighted by Crippen LogP contribution is -2.28. The van der Waals surface area contributed by atoms with Gasteiger partial charge in [0.2, 0.25) is 5.91 Å². The number of hydrogen-bond acceptors (Lipinski definition) is 4. The van der Waals surface area contributed by atoms with Crippen molar-refractivity contribution in [2.24, 2.45) is 0 Å². The number of anilines is 1. The molecule has 0 bridgehead atoms. The number of furan rings is 1. The first-order valence-corrected chi connectivity index (χ1v) is 6.91. The molecule has 0 atom stereocenters. The molecule has 116 valence electrons. The molecule has 2 rings (SSSR count). The SMILES string of the molecule is CN(C)C(=O)CNc1cccc(C(=O)NCc2ccco2)c1. The highest BCUT2D eigenvalue weighted by Gasteiger charge is 2.08. The Labute approximate surface area is 129 Å². The van der Waals surface area contributed by atoms with Gasteiger partial charge in [-0.05, 0) is 30.3 Å². The molecule has 0 unspecified atom stereocenters. The summed E-state index contributed by atoms with van der Waals surface area (Å²) in [6.07, 6.45) is 1.56. The first kappa shape index (κ1) is 15.6. The lowest BCUT2D eigenvalue weighted by Gasteiger charge is -2.12. The highest BCUT2D eigenvalue weighted by atomic mass is 16.3. The maximum Gasteiger partial charge on any atom is 0.251 e. The average molecular weight is 301 g/mol. The molecule has 2 aromatic rings. The second kappa shape index (κ2) is 7.31. The molecule has 1 heterocycles. The van der Waals surface area contributed by atoms with Gasteiger partial charge in [0.15, 0.2) is 0 Å². The van der Waals surface area contributed by atoms with E-state index >= 15 is 0 Å². The van der Waals surface area contributed by atoms with Crippen molar-refractivity contribution in [3.63, 3.8) is 0 Å². The molecular weight excluding hydrogens is 282 g/mol. The maximum absolute atomic E-state index is 12.1. The molecular formula is C16H19N3O3. The Morgan fingerprint density at radius 1 is 1.18 bits per heavy atom. The van der Waals surface area contributed by atoms with E-state index in [4.69, 9.17) is 4.42 Å².